The minimum Gasteiger partial charge on any atom is -0.465 e. The molecular formula is C44H41Cl2N3O5S2. The molecule has 1 heterocycles. The van der Waals surface area contributed by atoms with E-state index in [0.29, 0.717) is 48.2 Å². The molecule has 0 aliphatic heterocycles. The Morgan fingerprint density at radius 3 is 2.29 bits per heavy atom. The van der Waals surface area contributed by atoms with Gasteiger partial charge in [-0.15, -0.1) is 23.1 Å². The summed E-state index contributed by atoms with van der Waals surface area (Å²) in [4.78, 5) is 56.3. The van der Waals surface area contributed by atoms with Gasteiger partial charge in [0.1, 0.15) is 15.9 Å². The maximum atomic E-state index is 14.3. The second-order valence-corrected chi connectivity index (χ2v) is 17.6. The predicted molar refractivity (Wildman–Crippen MR) is 228 cm³/mol. The first kappa shape index (κ1) is 40.8. The number of carbonyl (C=O) groups is 4. The van der Waals surface area contributed by atoms with Crippen LogP contribution in [0.1, 0.15) is 74.7 Å². The number of hydrogen-bond acceptors (Lipinski definition) is 7. The molecule has 4 aromatic carbocycles. The largest absolute Gasteiger partial charge is 0.465 e. The van der Waals surface area contributed by atoms with E-state index in [-0.39, 0.29) is 17.0 Å². The zero-order chi connectivity index (χ0) is 40.0. The van der Waals surface area contributed by atoms with Gasteiger partial charge >= 0.3 is 5.97 Å². The third kappa shape index (κ3) is 9.92. The molecular weight excluding hydrogens is 786 g/mol. The van der Waals surface area contributed by atoms with Gasteiger partial charge in [0, 0.05) is 31.1 Å². The van der Waals surface area contributed by atoms with Crippen LogP contribution < -0.4 is 16.0 Å². The number of halogens is 2. The monoisotopic (exact) mass is 825 g/mol. The van der Waals surface area contributed by atoms with E-state index in [1.165, 1.54) is 36.3 Å². The van der Waals surface area contributed by atoms with Gasteiger partial charge in [-0.2, -0.15) is 0 Å². The summed E-state index contributed by atoms with van der Waals surface area (Å²) >= 11 is 15.3. The van der Waals surface area contributed by atoms with Gasteiger partial charge < -0.3 is 20.7 Å². The molecule has 5 aromatic rings. The van der Waals surface area contributed by atoms with Gasteiger partial charge in [0.2, 0.25) is 5.91 Å². The van der Waals surface area contributed by atoms with Crippen LogP contribution >= 0.6 is 46.3 Å². The number of benzene rings is 4. The van der Waals surface area contributed by atoms with Crippen molar-refractivity contribution >= 4 is 86.8 Å². The van der Waals surface area contributed by atoms with Crippen molar-refractivity contribution < 1.29 is 23.9 Å². The molecule has 6 rings (SSSR count). The van der Waals surface area contributed by atoms with Crippen LogP contribution in [-0.2, 0) is 27.2 Å². The minimum atomic E-state index is -0.721. The third-order valence-electron chi connectivity index (χ3n) is 9.59. The number of ether oxygens (including phenoxy) is 1. The highest BCUT2D eigenvalue weighted by Gasteiger charge is 2.35. The summed E-state index contributed by atoms with van der Waals surface area (Å²) in [6.07, 6.45) is 4.00. The second-order valence-electron chi connectivity index (χ2n) is 14.4. The Hall–Kier alpha value is -4.87. The fraction of sp³-hybridized carbons (Fsp3) is 0.227. The first-order valence-corrected chi connectivity index (χ1v) is 20.5. The van der Waals surface area contributed by atoms with Crippen molar-refractivity contribution in [1.82, 2.24) is 5.32 Å². The highest BCUT2D eigenvalue weighted by Crippen LogP contribution is 2.45. The number of methoxy groups -OCH3 is 1. The number of thiophene rings is 1. The van der Waals surface area contributed by atoms with Crippen LogP contribution in [0.15, 0.2) is 114 Å². The Morgan fingerprint density at radius 2 is 1.61 bits per heavy atom. The van der Waals surface area contributed by atoms with Gasteiger partial charge in [0.05, 0.1) is 12.7 Å². The quantitative estimate of drug-likeness (QED) is 0.0694. The van der Waals surface area contributed by atoms with Crippen molar-refractivity contribution in [2.24, 2.45) is 11.3 Å². The Labute approximate surface area is 345 Å². The molecule has 56 heavy (non-hydrogen) atoms. The van der Waals surface area contributed by atoms with Crippen molar-refractivity contribution in [3.8, 4) is 0 Å². The molecule has 0 saturated heterocycles. The molecule has 0 saturated carbocycles. The van der Waals surface area contributed by atoms with E-state index in [1.54, 1.807) is 66.7 Å². The lowest BCUT2D eigenvalue weighted by Crippen LogP contribution is -2.30. The van der Waals surface area contributed by atoms with Crippen molar-refractivity contribution in [1.29, 1.82) is 0 Å². The molecule has 0 spiro atoms. The van der Waals surface area contributed by atoms with Gasteiger partial charge in [-0.05, 0) is 95.8 Å². The number of fused-ring (bicyclic) bond motifs is 1. The number of thioether (sulfide) groups is 1. The first-order chi connectivity index (χ1) is 26.8. The molecule has 0 fully saturated rings. The summed E-state index contributed by atoms with van der Waals surface area (Å²) in [5, 5.41) is 9.21. The fourth-order valence-corrected chi connectivity index (χ4v) is 9.37. The Kier molecular flexibility index (Phi) is 13.1. The van der Waals surface area contributed by atoms with Crippen LogP contribution in [0, 0.1) is 11.3 Å². The molecule has 1 aliphatic carbocycles. The molecule has 1 aliphatic rings. The van der Waals surface area contributed by atoms with E-state index in [2.05, 4.69) is 36.7 Å². The lowest BCUT2D eigenvalue weighted by Gasteiger charge is -2.33. The summed E-state index contributed by atoms with van der Waals surface area (Å²) in [5.41, 5.74) is 3.48. The molecule has 0 bridgehead atoms. The van der Waals surface area contributed by atoms with E-state index >= 15 is 0 Å². The van der Waals surface area contributed by atoms with E-state index in [9.17, 15) is 19.2 Å². The predicted octanol–water partition coefficient (Wildman–Crippen LogP) is 10.9. The summed E-state index contributed by atoms with van der Waals surface area (Å²) in [6.45, 7) is 6.71. The van der Waals surface area contributed by atoms with Crippen molar-refractivity contribution in [2.45, 2.75) is 50.2 Å². The number of hydrogen-bond donors (Lipinski definition) is 3. The maximum absolute atomic E-state index is 14.3. The maximum Gasteiger partial charge on any atom is 0.341 e. The highest BCUT2D eigenvalue weighted by molar-refractivity contribution is 8.00. The van der Waals surface area contributed by atoms with Crippen LogP contribution in [0.4, 0.5) is 10.7 Å². The normalized spacial score (nSPS) is 14.6. The van der Waals surface area contributed by atoms with Gasteiger partial charge in [0.25, 0.3) is 11.8 Å². The van der Waals surface area contributed by atoms with Crippen molar-refractivity contribution in [2.75, 3.05) is 17.7 Å². The van der Waals surface area contributed by atoms with Crippen LogP contribution in [0.2, 0.25) is 10.0 Å². The zero-order valence-corrected chi connectivity index (χ0v) is 34.4. The van der Waals surface area contributed by atoms with Crippen LogP contribution in [0.5, 0.6) is 0 Å². The molecule has 2 atom stereocenters. The van der Waals surface area contributed by atoms with Crippen molar-refractivity contribution in [3.05, 3.63) is 152 Å². The second kappa shape index (κ2) is 17.9. The number of esters is 1. The van der Waals surface area contributed by atoms with Gasteiger partial charge in [0.15, 0.2) is 0 Å². The Morgan fingerprint density at radius 1 is 0.893 bits per heavy atom. The van der Waals surface area contributed by atoms with E-state index in [0.717, 1.165) is 35.3 Å². The molecule has 0 radical (unpaired) electrons. The third-order valence-corrected chi connectivity index (χ3v) is 12.6. The van der Waals surface area contributed by atoms with E-state index in [1.807, 2.05) is 36.4 Å². The van der Waals surface area contributed by atoms with Gasteiger partial charge in [-0.3, -0.25) is 14.4 Å². The Bertz CT molecular complexity index is 2290. The molecule has 3 amide bonds. The molecule has 8 nitrogen and oxygen atoms in total. The summed E-state index contributed by atoms with van der Waals surface area (Å²) in [6, 6.07) is 29.9. The highest BCUT2D eigenvalue weighted by atomic mass is 35.5. The standard InChI is InChI=1S/C44H41Cl2N3O5S2/c1-44(2,3)29-19-21-33-36(23-29)56-42(37(33)43(53)54-4)49-41(52)38(26-12-7-5-8-13-26)55-32-17-11-16-31(25-32)47-40(51)35(22-28-18-20-30(45)24-34(28)46)48-39(50)27-14-9-6-10-15-27/h5-18,20,22,24-25,29,38H,19,21,23H2,1-4H3,(H,47,51)(H,48,50)(H,49,52)/b35-22+. The van der Waals surface area contributed by atoms with Crippen molar-refractivity contribution in [3.63, 3.8) is 0 Å². The van der Waals surface area contributed by atoms with Gasteiger partial charge in [-0.25, -0.2) is 4.79 Å². The fourth-order valence-electron chi connectivity index (χ4n) is 6.51. The average molecular weight is 827 g/mol. The number of nitrogens with one attached hydrogen (secondary N) is 3. The SMILES string of the molecule is COC(=O)c1c(NC(=O)C(Sc2cccc(NC(=O)/C(=C\c3ccc(Cl)cc3Cl)NC(=O)c3ccccc3)c2)c2ccccc2)sc2c1CCC(C(C)(C)C)C2. The van der Waals surface area contributed by atoms with E-state index in [4.69, 9.17) is 27.9 Å². The topological polar surface area (TPSA) is 114 Å². The minimum absolute atomic E-state index is 0.0449. The van der Waals surface area contributed by atoms with Gasteiger partial charge in [-0.1, -0.05) is 105 Å². The lowest BCUT2D eigenvalue weighted by atomic mass is 9.72. The smallest absolute Gasteiger partial charge is 0.341 e. The molecule has 2 unspecified atom stereocenters. The molecule has 3 N–H and O–H groups in total. The lowest BCUT2D eigenvalue weighted by molar-refractivity contribution is -0.116. The van der Waals surface area contributed by atoms with E-state index < -0.39 is 23.0 Å². The average Bonchev–Trinajstić information content (AvgIpc) is 3.54. The zero-order valence-electron chi connectivity index (χ0n) is 31.3. The summed E-state index contributed by atoms with van der Waals surface area (Å²) in [7, 11) is 1.36. The number of rotatable bonds is 11. The van der Waals surface area contributed by atoms with Crippen LogP contribution in [-0.4, -0.2) is 30.8 Å². The van der Waals surface area contributed by atoms with Crippen LogP contribution in [0.3, 0.4) is 0 Å². The Balaban J connectivity index is 1.26. The molecule has 1 aromatic heterocycles. The number of amides is 3. The number of carbonyl (C=O) groups excluding carboxylic acids is 4. The van der Waals surface area contributed by atoms with Crippen LogP contribution in [0.25, 0.3) is 6.08 Å². The first-order valence-electron chi connectivity index (χ1n) is 18.0. The summed E-state index contributed by atoms with van der Waals surface area (Å²) in [5.74, 6) is -1.39. The molecule has 288 valence electrons. The summed E-state index contributed by atoms with van der Waals surface area (Å²) < 4.78 is 5.20. The molecule has 12 heteroatoms. The number of anilines is 2.